The Labute approximate surface area is 73.3 Å². The molecule has 0 aliphatic rings. The van der Waals surface area contributed by atoms with E-state index in [9.17, 15) is 5.11 Å². The Bertz CT molecular complexity index is 145. The third-order valence-corrected chi connectivity index (χ3v) is 1.50. The van der Waals surface area contributed by atoms with Crippen LogP contribution in [-0.2, 0) is 9.47 Å². The smallest absolute Gasteiger partial charge is 0.0909 e. The zero-order chi connectivity index (χ0) is 9.56. The number of hydrogen-bond donors (Lipinski definition) is 1. The van der Waals surface area contributed by atoms with Crippen molar-refractivity contribution in [3.8, 4) is 0 Å². The Balaban J connectivity index is 3.66. The Kier molecular flexibility index (Phi) is 5.21. The van der Waals surface area contributed by atoms with Crippen molar-refractivity contribution in [2.45, 2.75) is 18.9 Å². The summed E-state index contributed by atoms with van der Waals surface area (Å²) >= 11 is 0. The molecule has 1 N–H and O–H groups in total. The summed E-state index contributed by atoms with van der Waals surface area (Å²) in [4.78, 5) is 0. The van der Waals surface area contributed by atoms with E-state index in [1.165, 1.54) is 14.2 Å². The average molecular weight is 172 g/mol. The zero-order valence-electron chi connectivity index (χ0n) is 7.67. The van der Waals surface area contributed by atoms with Gasteiger partial charge in [-0.3, -0.25) is 0 Å². The van der Waals surface area contributed by atoms with E-state index < -0.39 is 6.10 Å². The van der Waals surface area contributed by atoms with Crippen molar-refractivity contribution in [1.82, 2.24) is 0 Å². The first-order valence-electron chi connectivity index (χ1n) is 3.71. The van der Waals surface area contributed by atoms with Crippen molar-refractivity contribution in [3.05, 3.63) is 24.7 Å². The van der Waals surface area contributed by atoms with Crippen molar-refractivity contribution >= 4 is 0 Å². The Hall–Kier alpha value is -0.960. The lowest BCUT2D eigenvalue weighted by Crippen LogP contribution is -2.09. The maximum Gasteiger partial charge on any atom is 0.0909 e. The number of aliphatic hydroxyl groups is 1. The fourth-order valence-corrected chi connectivity index (χ4v) is 0.764. The fraction of sp³-hybridized carbons (Fsp3) is 0.556. The molecule has 0 heterocycles. The first-order chi connectivity index (χ1) is 5.60. The largest absolute Gasteiger partial charge is 0.502 e. The van der Waals surface area contributed by atoms with E-state index in [4.69, 9.17) is 9.47 Å². The second kappa shape index (κ2) is 5.66. The minimum atomic E-state index is -0.523. The third kappa shape index (κ3) is 4.79. The molecule has 0 saturated carbocycles. The summed E-state index contributed by atoms with van der Waals surface area (Å²) in [5, 5.41) is 9.37. The molecule has 0 aromatic heterocycles. The molecule has 0 amide bonds. The molecular weight excluding hydrogens is 156 g/mol. The standard InChI is InChI=1S/C9H16O3/c1-7(11-3)5-9(10)6-8(2)12-4/h9-10H,1-2,5-6H2,3-4H3. The number of ether oxygens (including phenoxy) is 2. The molecule has 0 unspecified atom stereocenters. The van der Waals surface area contributed by atoms with Crippen molar-refractivity contribution < 1.29 is 14.6 Å². The van der Waals surface area contributed by atoms with Crippen molar-refractivity contribution in [1.29, 1.82) is 0 Å². The quantitative estimate of drug-likeness (QED) is 0.616. The Morgan fingerprint density at radius 1 is 1.17 bits per heavy atom. The maximum atomic E-state index is 9.37. The van der Waals surface area contributed by atoms with Crippen molar-refractivity contribution in [3.63, 3.8) is 0 Å². The highest BCUT2D eigenvalue weighted by Crippen LogP contribution is 2.11. The average Bonchev–Trinajstić information content (AvgIpc) is 2.03. The van der Waals surface area contributed by atoms with Crippen LogP contribution in [0.3, 0.4) is 0 Å². The molecule has 3 nitrogen and oxygen atoms in total. The van der Waals surface area contributed by atoms with Crippen LogP contribution >= 0.6 is 0 Å². The zero-order valence-corrected chi connectivity index (χ0v) is 7.67. The van der Waals surface area contributed by atoms with E-state index in [-0.39, 0.29) is 0 Å². The summed E-state index contributed by atoms with van der Waals surface area (Å²) in [6.07, 6.45) is 0.308. The topological polar surface area (TPSA) is 38.7 Å². The van der Waals surface area contributed by atoms with Gasteiger partial charge in [-0.1, -0.05) is 13.2 Å². The number of methoxy groups -OCH3 is 2. The van der Waals surface area contributed by atoms with Gasteiger partial charge in [0.25, 0.3) is 0 Å². The highest BCUT2D eigenvalue weighted by molar-refractivity contribution is 4.91. The van der Waals surface area contributed by atoms with Crippen molar-refractivity contribution in [2.75, 3.05) is 14.2 Å². The molecule has 70 valence electrons. The molecule has 0 aliphatic heterocycles. The van der Waals surface area contributed by atoms with Gasteiger partial charge in [-0.25, -0.2) is 0 Å². The molecule has 0 aromatic carbocycles. The maximum absolute atomic E-state index is 9.37. The van der Waals surface area contributed by atoms with Crippen molar-refractivity contribution in [2.24, 2.45) is 0 Å². The minimum absolute atomic E-state index is 0.416. The van der Waals surface area contributed by atoms with Gasteiger partial charge in [-0.05, 0) is 0 Å². The molecule has 0 aromatic rings. The Morgan fingerprint density at radius 3 is 1.75 bits per heavy atom. The SMILES string of the molecule is C=C(CC(O)CC(=C)OC)OC. The highest BCUT2D eigenvalue weighted by Gasteiger charge is 2.08. The van der Waals surface area contributed by atoms with E-state index in [0.717, 1.165) is 0 Å². The lowest BCUT2D eigenvalue weighted by molar-refractivity contribution is 0.128. The molecule has 12 heavy (non-hydrogen) atoms. The van der Waals surface area contributed by atoms with Crippen LogP contribution in [0, 0.1) is 0 Å². The number of hydrogen-bond acceptors (Lipinski definition) is 3. The van der Waals surface area contributed by atoms with E-state index in [1.807, 2.05) is 0 Å². The van der Waals surface area contributed by atoms with Gasteiger partial charge in [-0.2, -0.15) is 0 Å². The van der Waals surface area contributed by atoms with Crippen LogP contribution in [-0.4, -0.2) is 25.4 Å². The van der Waals surface area contributed by atoms with E-state index in [0.29, 0.717) is 24.4 Å². The number of rotatable bonds is 6. The van der Waals surface area contributed by atoms with Gasteiger partial charge in [-0.15, -0.1) is 0 Å². The molecule has 0 spiro atoms. The van der Waals surface area contributed by atoms with Crippen LogP contribution in [0.5, 0.6) is 0 Å². The molecule has 3 heteroatoms. The van der Waals surface area contributed by atoms with Crippen LogP contribution in [0.1, 0.15) is 12.8 Å². The summed E-state index contributed by atoms with van der Waals surface area (Å²) in [5.74, 6) is 1.12. The van der Waals surface area contributed by atoms with Crippen LogP contribution < -0.4 is 0 Å². The summed E-state index contributed by atoms with van der Waals surface area (Å²) in [6, 6.07) is 0. The minimum Gasteiger partial charge on any atom is -0.502 e. The predicted molar refractivity (Wildman–Crippen MR) is 47.5 cm³/mol. The lowest BCUT2D eigenvalue weighted by atomic mass is 10.1. The summed E-state index contributed by atoms with van der Waals surface area (Å²) < 4.78 is 9.62. The normalized spacial score (nSPS) is 9.67. The van der Waals surface area contributed by atoms with Gasteiger partial charge in [0.1, 0.15) is 0 Å². The first kappa shape index (κ1) is 11.0. The molecule has 0 radical (unpaired) electrons. The first-order valence-corrected chi connectivity index (χ1v) is 3.71. The van der Waals surface area contributed by atoms with Crippen LogP contribution in [0.2, 0.25) is 0 Å². The van der Waals surface area contributed by atoms with Gasteiger partial charge < -0.3 is 14.6 Å². The van der Waals surface area contributed by atoms with E-state index >= 15 is 0 Å². The molecule has 0 bridgehead atoms. The van der Waals surface area contributed by atoms with Crippen LogP contribution in [0.25, 0.3) is 0 Å². The van der Waals surface area contributed by atoms with E-state index in [1.54, 1.807) is 0 Å². The van der Waals surface area contributed by atoms with Gasteiger partial charge in [0.15, 0.2) is 0 Å². The monoisotopic (exact) mass is 172 g/mol. The predicted octanol–water partition coefficient (Wildman–Crippen LogP) is 1.45. The van der Waals surface area contributed by atoms with E-state index in [2.05, 4.69) is 13.2 Å². The molecule has 0 atom stereocenters. The third-order valence-electron chi connectivity index (χ3n) is 1.50. The highest BCUT2D eigenvalue weighted by atomic mass is 16.5. The molecule has 0 aliphatic carbocycles. The summed E-state index contributed by atoms with van der Waals surface area (Å²) in [6.45, 7) is 7.19. The molecular formula is C9H16O3. The second-order valence-corrected chi connectivity index (χ2v) is 2.55. The Morgan fingerprint density at radius 2 is 1.50 bits per heavy atom. The number of aliphatic hydroxyl groups excluding tert-OH is 1. The van der Waals surface area contributed by atoms with Gasteiger partial charge in [0.05, 0.1) is 31.8 Å². The van der Waals surface area contributed by atoms with Crippen LogP contribution in [0.15, 0.2) is 24.7 Å². The summed E-state index contributed by atoms with van der Waals surface area (Å²) in [5.41, 5.74) is 0. The molecule has 0 rings (SSSR count). The van der Waals surface area contributed by atoms with Crippen LogP contribution in [0.4, 0.5) is 0 Å². The summed E-state index contributed by atoms with van der Waals surface area (Å²) in [7, 11) is 3.06. The lowest BCUT2D eigenvalue weighted by Gasteiger charge is -2.12. The molecule has 0 fully saturated rings. The molecule has 0 saturated heterocycles. The van der Waals surface area contributed by atoms with Gasteiger partial charge in [0.2, 0.25) is 0 Å². The second-order valence-electron chi connectivity index (χ2n) is 2.55. The van der Waals surface area contributed by atoms with Gasteiger partial charge >= 0.3 is 0 Å². The van der Waals surface area contributed by atoms with Gasteiger partial charge in [0, 0.05) is 12.8 Å². The fourth-order valence-electron chi connectivity index (χ4n) is 0.764.